The molecule has 1 atom stereocenters. The van der Waals surface area contributed by atoms with Gasteiger partial charge in [0.1, 0.15) is 18.3 Å². The maximum Gasteiger partial charge on any atom is 0.264 e. The number of carbonyl (C=O) groups is 2. The highest BCUT2D eigenvalue weighted by Crippen LogP contribution is 2.31. The fraction of sp³-hybridized carbons (Fsp3) is 0.333. The van der Waals surface area contributed by atoms with E-state index < -0.39 is 28.5 Å². The molecule has 0 saturated heterocycles. The van der Waals surface area contributed by atoms with Gasteiger partial charge in [0.15, 0.2) is 0 Å². The Hall–Kier alpha value is -3.27. The van der Waals surface area contributed by atoms with Crippen molar-refractivity contribution in [3.63, 3.8) is 0 Å². The number of amides is 2. The lowest BCUT2D eigenvalue weighted by Gasteiger charge is -2.33. The van der Waals surface area contributed by atoms with E-state index in [4.69, 9.17) is 27.9 Å². The molecule has 0 heterocycles. The molecule has 8 nitrogen and oxygen atoms in total. The van der Waals surface area contributed by atoms with E-state index in [-0.39, 0.29) is 39.1 Å². The second-order valence-corrected chi connectivity index (χ2v) is 12.6. The Morgan fingerprint density at radius 3 is 2.24 bits per heavy atom. The standard InChI is InChI=1S/C30H35Cl2N3O5S/c1-6-28(30(37)33-20(2)3)34(18-22-8-7-9-24(16-22)40-5)29(36)19-35(23-12-15-26(31)27(32)17-23)41(38,39)25-13-10-21(4)11-14-25/h7-17,20,28H,6,18-19H2,1-5H3,(H,33,37)/t28-/m1/s1. The van der Waals surface area contributed by atoms with Gasteiger partial charge in [0.05, 0.1) is 27.7 Å². The minimum Gasteiger partial charge on any atom is -0.497 e. The first-order chi connectivity index (χ1) is 19.4. The van der Waals surface area contributed by atoms with Crippen LogP contribution in [0.1, 0.15) is 38.3 Å². The summed E-state index contributed by atoms with van der Waals surface area (Å²) >= 11 is 12.4. The van der Waals surface area contributed by atoms with Crippen LogP contribution in [0.2, 0.25) is 10.0 Å². The highest BCUT2D eigenvalue weighted by molar-refractivity contribution is 7.92. The molecular weight excluding hydrogens is 585 g/mol. The molecule has 0 radical (unpaired) electrons. The van der Waals surface area contributed by atoms with Gasteiger partial charge in [-0.25, -0.2) is 8.42 Å². The zero-order valence-corrected chi connectivity index (χ0v) is 26.1. The molecule has 0 aliphatic heterocycles. The minimum absolute atomic E-state index is 0.00547. The molecule has 11 heteroatoms. The zero-order chi connectivity index (χ0) is 30.3. The number of hydrogen-bond donors (Lipinski definition) is 1. The highest BCUT2D eigenvalue weighted by atomic mass is 35.5. The topological polar surface area (TPSA) is 96.0 Å². The van der Waals surface area contributed by atoms with Crippen LogP contribution < -0.4 is 14.4 Å². The largest absolute Gasteiger partial charge is 0.497 e. The monoisotopic (exact) mass is 619 g/mol. The van der Waals surface area contributed by atoms with Gasteiger partial charge < -0.3 is 15.0 Å². The minimum atomic E-state index is -4.22. The van der Waals surface area contributed by atoms with Crippen LogP contribution in [-0.4, -0.2) is 50.9 Å². The van der Waals surface area contributed by atoms with Gasteiger partial charge in [0, 0.05) is 12.6 Å². The summed E-state index contributed by atoms with van der Waals surface area (Å²) in [4.78, 5) is 28.8. The van der Waals surface area contributed by atoms with E-state index in [1.807, 2.05) is 26.8 Å². The Kier molecular flexibility index (Phi) is 11.1. The summed E-state index contributed by atoms with van der Waals surface area (Å²) in [6, 6.07) is 16.8. The fourth-order valence-corrected chi connectivity index (χ4v) is 5.97. The van der Waals surface area contributed by atoms with Crippen LogP contribution >= 0.6 is 23.2 Å². The molecule has 3 rings (SSSR count). The van der Waals surface area contributed by atoms with Crippen molar-refractivity contribution in [1.29, 1.82) is 0 Å². The third kappa shape index (κ3) is 8.15. The van der Waals surface area contributed by atoms with Crippen LogP contribution in [0.3, 0.4) is 0 Å². The number of rotatable bonds is 12. The van der Waals surface area contributed by atoms with Gasteiger partial charge in [-0.2, -0.15) is 0 Å². The van der Waals surface area contributed by atoms with E-state index in [1.165, 1.54) is 42.3 Å². The Labute approximate surface area is 252 Å². The average Bonchev–Trinajstić information content (AvgIpc) is 2.93. The number of sulfonamides is 1. The molecule has 0 aromatic heterocycles. The second kappa shape index (κ2) is 14.1. The Morgan fingerprint density at radius 2 is 1.66 bits per heavy atom. The number of nitrogens with zero attached hydrogens (tertiary/aromatic N) is 2. The molecule has 2 amide bonds. The Bertz CT molecular complexity index is 1480. The predicted octanol–water partition coefficient (Wildman–Crippen LogP) is 5.84. The van der Waals surface area contributed by atoms with Crippen molar-refractivity contribution in [1.82, 2.24) is 10.2 Å². The third-order valence-electron chi connectivity index (χ3n) is 6.38. The average molecular weight is 621 g/mol. The molecular formula is C30H35Cl2N3O5S. The van der Waals surface area contributed by atoms with Crippen molar-refractivity contribution in [2.24, 2.45) is 0 Å². The van der Waals surface area contributed by atoms with Crippen LogP contribution in [0.4, 0.5) is 5.69 Å². The van der Waals surface area contributed by atoms with E-state index in [9.17, 15) is 18.0 Å². The molecule has 3 aromatic rings. The van der Waals surface area contributed by atoms with Gasteiger partial charge in [-0.15, -0.1) is 0 Å². The van der Waals surface area contributed by atoms with E-state index in [2.05, 4.69) is 5.32 Å². The van der Waals surface area contributed by atoms with Crippen molar-refractivity contribution < 1.29 is 22.7 Å². The summed E-state index contributed by atoms with van der Waals surface area (Å²) in [6.45, 7) is 6.79. The van der Waals surface area contributed by atoms with Crippen molar-refractivity contribution in [3.05, 3.63) is 87.9 Å². The highest BCUT2D eigenvalue weighted by Gasteiger charge is 2.34. The summed E-state index contributed by atoms with van der Waals surface area (Å²) in [5.74, 6) is -0.310. The third-order valence-corrected chi connectivity index (χ3v) is 8.91. The van der Waals surface area contributed by atoms with Crippen LogP contribution in [0.15, 0.2) is 71.6 Å². The number of methoxy groups -OCH3 is 1. The number of ether oxygens (including phenoxy) is 1. The number of hydrogen-bond acceptors (Lipinski definition) is 5. The molecule has 1 N–H and O–H groups in total. The normalized spacial score (nSPS) is 12.1. The SMILES string of the molecule is CC[C@H](C(=O)NC(C)C)N(Cc1cccc(OC)c1)C(=O)CN(c1ccc(Cl)c(Cl)c1)S(=O)(=O)c1ccc(C)cc1. The number of anilines is 1. The Balaban J connectivity index is 2.10. The van der Waals surface area contributed by atoms with Crippen LogP contribution in [0.25, 0.3) is 0 Å². The van der Waals surface area contributed by atoms with Crippen molar-refractivity contribution >= 4 is 50.7 Å². The molecule has 0 bridgehead atoms. The van der Waals surface area contributed by atoms with E-state index in [0.29, 0.717) is 12.2 Å². The molecule has 0 fully saturated rings. The lowest BCUT2D eigenvalue weighted by atomic mass is 10.1. The van der Waals surface area contributed by atoms with Crippen molar-refractivity contribution in [2.45, 2.75) is 57.6 Å². The number of carbonyl (C=O) groups excluding carboxylic acids is 2. The van der Waals surface area contributed by atoms with Crippen LogP contribution in [-0.2, 0) is 26.2 Å². The number of halogens is 2. The quantitative estimate of drug-likeness (QED) is 0.275. The number of nitrogens with one attached hydrogen (secondary N) is 1. The summed E-state index contributed by atoms with van der Waals surface area (Å²) in [6.07, 6.45) is 0.311. The maximum atomic E-state index is 14.1. The Morgan fingerprint density at radius 1 is 0.976 bits per heavy atom. The molecule has 0 aliphatic rings. The first-order valence-electron chi connectivity index (χ1n) is 13.1. The van der Waals surface area contributed by atoms with Crippen LogP contribution in [0.5, 0.6) is 5.75 Å². The fourth-order valence-electron chi connectivity index (χ4n) is 4.27. The molecule has 0 spiro atoms. The van der Waals surface area contributed by atoms with Gasteiger partial charge in [0.25, 0.3) is 10.0 Å². The molecule has 0 aliphatic carbocycles. The number of benzene rings is 3. The molecule has 0 saturated carbocycles. The maximum absolute atomic E-state index is 14.1. The smallest absolute Gasteiger partial charge is 0.264 e. The number of aryl methyl sites for hydroxylation is 1. The van der Waals surface area contributed by atoms with Crippen molar-refractivity contribution in [2.75, 3.05) is 18.0 Å². The van der Waals surface area contributed by atoms with Gasteiger partial charge in [-0.05, 0) is 75.2 Å². The summed E-state index contributed by atoms with van der Waals surface area (Å²) in [7, 11) is -2.68. The molecule has 220 valence electrons. The van der Waals surface area contributed by atoms with Gasteiger partial charge in [-0.1, -0.05) is 60.0 Å². The van der Waals surface area contributed by atoms with E-state index in [0.717, 1.165) is 15.4 Å². The van der Waals surface area contributed by atoms with Gasteiger partial charge in [0.2, 0.25) is 11.8 Å². The van der Waals surface area contributed by atoms with Gasteiger partial charge >= 0.3 is 0 Å². The van der Waals surface area contributed by atoms with E-state index in [1.54, 1.807) is 37.3 Å². The summed E-state index contributed by atoms with van der Waals surface area (Å²) in [5, 5.41) is 3.25. The molecule has 41 heavy (non-hydrogen) atoms. The van der Waals surface area contributed by atoms with Crippen LogP contribution in [0, 0.1) is 6.92 Å². The van der Waals surface area contributed by atoms with Gasteiger partial charge in [-0.3, -0.25) is 13.9 Å². The first kappa shape index (κ1) is 32.2. The molecule has 0 unspecified atom stereocenters. The summed E-state index contributed by atoms with van der Waals surface area (Å²) in [5.41, 5.74) is 1.76. The van der Waals surface area contributed by atoms with Crippen molar-refractivity contribution in [3.8, 4) is 5.75 Å². The lowest BCUT2D eigenvalue weighted by Crippen LogP contribution is -2.53. The molecule has 3 aromatic carbocycles. The summed E-state index contributed by atoms with van der Waals surface area (Å²) < 4.78 is 34.2. The first-order valence-corrected chi connectivity index (χ1v) is 15.3. The second-order valence-electron chi connectivity index (χ2n) is 9.88. The van der Waals surface area contributed by atoms with E-state index >= 15 is 0 Å². The predicted molar refractivity (Wildman–Crippen MR) is 163 cm³/mol. The lowest BCUT2D eigenvalue weighted by molar-refractivity contribution is -0.140. The zero-order valence-electron chi connectivity index (χ0n) is 23.7.